The van der Waals surface area contributed by atoms with E-state index in [2.05, 4.69) is 4.90 Å². The van der Waals surface area contributed by atoms with Gasteiger partial charge in [-0.25, -0.2) is 4.79 Å². The minimum Gasteiger partial charge on any atom is -0.460 e. The van der Waals surface area contributed by atoms with Gasteiger partial charge in [0, 0.05) is 31.3 Å². The van der Waals surface area contributed by atoms with Crippen LogP contribution < -0.4 is 0 Å². The van der Waals surface area contributed by atoms with Gasteiger partial charge >= 0.3 is 12.1 Å². The number of ether oxygens (including phenoxy) is 3. The summed E-state index contributed by atoms with van der Waals surface area (Å²) in [5.41, 5.74) is -2.71. The molecule has 0 bridgehead atoms. The summed E-state index contributed by atoms with van der Waals surface area (Å²) in [6, 6.07) is 16.6. The maximum Gasteiger partial charge on any atom is 0.432 e. The summed E-state index contributed by atoms with van der Waals surface area (Å²) in [6.07, 6.45) is -5.57. The summed E-state index contributed by atoms with van der Waals surface area (Å²) >= 11 is 0. The lowest BCUT2D eigenvalue weighted by atomic mass is 9.92. The van der Waals surface area contributed by atoms with Crippen molar-refractivity contribution in [3.8, 4) is 0 Å². The van der Waals surface area contributed by atoms with Gasteiger partial charge in [0.25, 0.3) is 5.60 Å². The lowest BCUT2D eigenvalue weighted by molar-refractivity contribution is -0.277. The van der Waals surface area contributed by atoms with E-state index in [9.17, 15) is 18.0 Å². The Labute approximate surface area is 186 Å². The zero-order chi connectivity index (χ0) is 23.4. The third kappa shape index (κ3) is 4.98. The highest BCUT2D eigenvalue weighted by molar-refractivity contribution is 5.82. The number of carbonyl (C=O) groups is 1. The van der Waals surface area contributed by atoms with Gasteiger partial charge in [-0.15, -0.1) is 0 Å². The predicted octanol–water partition coefficient (Wildman–Crippen LogP) is 4.31. The van der Waals surface area contributed by atoms with Crippen LogP contribution in [0.5, 0.6) is 0 Å². The van der Waals surface area contributed by atoms with Crippen LogP contribution in [0.2, 0.25) is 0 Å². The van der Waals surface area contributed by atoms with Crippen molar-refractivity contribution in [2.75, 3.05) is 26.9 Å². The molecule has 32 heavy (non-hydrogen) atoms. The molecular formula is C24H28F3NO4. The number of halogens is 3. The number of benzene rings is 2. The third-order valence-electron chi connectivity index (χ3n) is 5.74. The predicted molar refractivity (Wildman–Crippen MR) is 113 cm³/mol. The zero-order valence-corrected chi connectivity index (χ0v) is 18.4. The first-order valence-corrected chi connectivity index (χ1v) is 10.4. The van der Waals surface area contributed by atoms with Crippen molar-refractivity contribution in [3.05, 3.63) is 71.8 Å². The SMILES string of the molecule is CO[C@](C(=O)OC[C@H]1CN(Cc2ccccc2)C(C)(C)CO1)(c1ccccc1)C(F)(F)F. The molecule has 2 atom stereocenters. The van der Waals surface area contributed by atoms with Crippen molar-refractivity contribution in [3.63, 3.8) is 0 Å². The van der Waals surface area contributed by atoms with E-state index in [0.29, 0.717) is 19.7 Å². The molecule has 1 heterocycles. The molecule has 8 heteroatoms. The molecule has 0 unspecified atom stereocenters. The molecule has 174 valence electrons. The van der Waals surface area contributed by atoms with E-state index in [1.165, 1.54) is 24.3 Å². The molecule has 0 amide bonds. The first-order valence-electron chi connectivity index (χ1n) is 10.4. The van der Waals surface area contributed by atoms with Crippen LogP contribution in [0.15, 0.2) is 60.7 Å². The third-order valence-corrected chi connectivity index (χ3v) is 5.74. The Morgan fingerprint density at radius 1 is 1.09 bits per heavy atom. The maximum absolute atomic E-state index is 14.0. The molecule has 0 spiro atoms. The number of hydrogen-bond donors (Lipinski definition) is 0. The molecule has 2 aromatic rings. The molecule has 0 radical (unpaired) electrons. The second kappa shape index (κ2) is 9.60. The van der Waals surface area contributed by atoms with Crippen molar-refractivity contribution in [2.24, 2.45) is 0 Å². The van der Waals surface area contributed by atoms with Crippen LogP contribution in [0.4, 0.5) is 13.2 Å². The molecule has 1 saturated heterocycles. The highest BCUT2D eigenvalue weighted by Crippen LogP contribution is 2.43. The fourth-order valence-corrected chi connectivity index (χ4v) is 3.80. The number of esters is 1. The Balaban J connectivity index is 1.72. The fourth-order valence-electron chi connectivity index (χ4n) is 3.80. The van der Waals surface area contributed by atoms with Gasteiger partial charge in [-0.1, -0.05) is 60.7 Å². The van der Waals surface area contributed by atoms with Crippen LogP contribution in [0.1, 0.15) is 25.0 Å². The molecule has 0 N–H and O–H groups in total. The molecule has 0 saturated carbocycles. The molecule has 0 aliphatic carbocycles. The average molecular weight is 451 g/mol. The normalized spacial score (nSPS) is 21.0. The van der Waals surface area contributed by atoms with Gasteiger partial charge in [-0.2, -0.15) is 13.2 Å². The Kier molecular flexibility index (Phi) is 7.27. The molecule has 3 rings (SSSR count). The van der Waals surface area contributed by atoms with E-state index in [1.54, 1.807) is 6.07 Å². The van der Waals surface area contributed by atoms with Crippen LogP contribution in [-0.4, -0.2) is 55.6 Å². The monoisotopic (exact) mass is 451 g/mol. The molecule has 1 fully saturated rings. The summed E-state index contributed by atoms with van der Waals surface area (Å²) in [7, 11) is 0.850. The van der Waals surface area contributed by atoms with Crippen molar-refractivity contribution >= 4 is 5.97 Å². The highest BCUT2D eigenvalue weighted by atomic mass is 19.4. The van der Waals surface area contributed by atoms with Crippen LogP contribution in [0.3, 0.4) is 0 Å². The first kappa shape index (κ1) is 24.2. The fraction of sp³-hybridized carbons (Fsp3) is 0.458. The summed E-state index contributed by atoms with van der Waals surface area (Å²) in [5.74, 6) is -1.51. The van der Waals surface area contributed by atoms with E-state index < -0.39 is 23.9 Å². The van der Waals surface area contributed by atoms with Gasteiger partial charge in [-0.3, -0.25) is 4.90 Å². The Morgan fingerprint density at radius 3 is 2.25 bits per heavy atom. The van der Waals surface area contributed by atoms with E-state index in [1.807, 2.05) is 44.2 Å². The van der Waals surface area contributed by atoms with Crippen molar-refractivity contribution in [2.45, 2.75) is 43.8 Å². The van der Waals surface area contributed by atoms with E-state index in [0.717, 1.165) is 12.7 Å². The van der Waals surface area contributed by atoms with E-state index in [4.69, 9.17) is 14.2 Å². The van der Waals surface area contributed by atoms with Crippen LogP contribution >= 0.6 is 0 Å². The van der Waals surface area contributed by atoms with Gasteiger partial charge < -0.3 is 14.2 Å². The topological polar surface area (TPSA) is 48.0 Å². The van der Waals surface area contributed by atoms with Gasteiger partial charge in [-0.05, 0) is 19.4 Å². The number of rotatable bonds is 7. The van der Waals surface area contributed by atoms with Crippen molar-refractivity contribution in [1.29, 1.82) is 0 Å². The number of nitrogens with zero attached hydrogens (tertiary/aromatic N) is 1. The Hall–Kier alpha value is -2.42. The Bertz CT molecular complexity index is 889. The summed E-state index contributed by atoms with van der Waals surface area (Å²) in [4.78, 5) is 14.9. The minimum absolute atomic E-state index is 0.275. The molecule has 1 aliphatic rings. The van der Waals surface area contributed by atoms with Crippen molar-refractivity contribution in [1.82, 2.24) is 4.90 Å². The van der Waals surface area contributed by atoms with Gasteiger partial charge in [0.05, 0.1) is 6.61 Å². The molecule has 1 aliphatic heterocycles. The van der Waals surface area contributed by atoms with E-state index in [-0.39, 0.29) is 17.7 Å². The number of hydrogen-bond acceptors (Lipinski definition) is 5. The molecule has 0 aromatic heterocycles. The van der Waals surface area contributed by atoms with Gasteiger partial charge in [0.2, 0.25) is 0 Å². The second-order valence-electron chi connectivity index (χ2n) is 8.46. The highest BCUT2D eigenvalue weighted by Gasteiger charge is 2.64. The summed E-state index contributed by atoms with van der Waals surface area (Å²) in [6.45, 7) is 5.17. The number of alkyl halides is 3. The summed E-state index contributed by atoms with van der Waals surface area (Å²) < 4.78 is 57.8. The minimum atomic E-state index is -5.01. The molecular weight excluding hydrogens is 423 g/mol. The van der Waals surface area contributed by atoms with Gasteiger partial charge in [0.15, 0.2) is 0 Å². The largest absolute Gasteiger partial charge is 0.460 e. The number of methoxy groups -OCH3 is 1. The smallest absolute Gasteiger partial charge is 0.432 e. The van der Waals surface area contributed by atoms with E-state index >= 15 is 0 Å². The maximum atomic E-state index is 14.0. The van der Waals surface area contributed by atoms with Crippen molar-refractivity contribution < 1.29 is 32.2 Å². The number of morpholine rings is 1. The van der Waals surface area contributed by atoms with Gasteiger partial charge in [0.1, 0.15) is 12.7 Å². The molecule has 5 nitrogen and oxygen atoms in total. The zero-order valence-electron chi connectivity index (χ0n) is 18.4. The second-order valence-corrected chi connectivity index (χ2v) is 8.46. The molecule has 2 aromatic carbocycles. The lowest BCUT2D eigenvalue weighted by Crippen LogP contribution is -2.57. The van der Waals surface area contributed by atoms with Crippen LogP contribution in [0.25, 0.3) is 0 Å². The average Bonchev–Trinajstić information content (AvgIpc) is 2.75. The first-order chi connectivity index (χ1) is 15.1. The van der Waals surface area contributed by atoms with Crippen LogP contribution in [0, 0.1) is 0 Å². The summed E-state index contributed by atoms with van der Waals surface area (Å²) in [5, 5.41) is 0. The standard InChI is InChI=1S/C24H28F3NO4/c1-22(2)17-32-20(15-28(22)14-18-10-6-4-7-11-18)16-31-21(29)23(30-3,24(25,26)27)19-12-8-5-9-13-19/h4-13,20H,14-17H2,1-3H3/t20-,23+/m1/s1. The van der Waals surface area contributed by atoms with Crippen LogP contribution in [-0.2, 0) is 31.2 Å². The Morgan fingerprint density at radius 2 is 1.69 bits per heavy atom. The number of carbonyl (C=O) groups excluding carboxylic acids is 1. The quantitative estimate of drug-likeness (QED) is 0.587. The lowest BCUT2D eigenvalue weighted by Gasteiger charge is -2.45.